The van der Waals surface area contributed by atoms with Crippen molar-refractivity contribution in [1.29, 1.82) is 0 Å². The number of rotatable bonds is 2. The van der Waals surface area contributed by atoms with E-state index in [1.165, 1.54) is 24.3 Å². The molecule has 0 saturated carbocycles. The smallest absolute Gasteiger partial charge is 0.406 e. The molecule has 0 spiro atoms. The van der Waals surface area contributed by atoms with Gasteiger partial charge in [0.25, 0.3) is 0 Å². The molecular weight excluding hydrogens is 295 g/mol. The van der Waals surface area contributed by atoms with Gasteiger partial charge in [-0.3, -0.25) is 0 Å². The summed E-state index contributed by atoms with van der Waals surface area (Å²) in [4.78, 5) is 0. The first-order valence-electron chi connectivity index (χ1n) is 6.05. The van der Waals surface area contributed by atoms with Crippen molar-refractivity contribution in [1.82, 2.24) is 5.32 Å². The summed E-state index contributed by atoms with van der Waals surface area (Å²) in [6.45, 7) is 0.560. The largest absolute Gasteiger partial charge is 0.573 e. The van der Waals surface area contributed by atoms with E-state index in [4.69, 9.17) is 0 Å². The van der Waals surface area contributed by atoms with E-state index in [1.807, 2.05) is 0 Å². The van der Waals surface area contributed by atoms with Gasteiger partial charge in [-0.1, -0.05) is 12.1 Å². The minimum Gasteiger partial charge on any atom is -0.406 e. The van der Waals surface area contributed by atoms with Crippen LogP contribution in [0.1, 0.15) is 18.0 Å². The predicted molar refractivity (Wildman–Crippen MR) is 67.1 cm³/mol. The third-order valence-electron chi connectivity index (χ3n) is 2.96. The summed E-state index contributed by atoms with van der Waals surface area (Å²) in [5, 5.41) is 3.08. The molecule has 1 aromatic rings. The predicted octanol–water partition coefficient (Wildman–Crippen LogP) is 2.03. The fourth-order valence-electron chi connectivity index (χ4n) is 2.08. The van der Waals surface area contributed by atoms with Gasteiger partial charge in [-0.15, -0.1) is 13.2 Å². The van der Waals surface area contributed by atoms with Crippen LogP contribution >= 0.6 is 0 Å². The summed E-state index contributed by atoms with van der Waals surface area (Å²) in [7, 11) is -3.13. The van der Waals surface area contributed by atoms with Crippen LogP contribution in [-0.2, 0) is 9.84 Å². The number of hydrogen-bond acceptors (Lipinski definition) is 4. The standard InChI is InChI=1S/C12H14F3NO3S/c13-12(14,15)19-10-4-2-9(3-5-10)11-8-20(17,18)7-1-6-16-11/h2-5,11,16H,1,6-8H2. The Balaban J connectivity index is 2.13. The number of sulfone groups is 1. The summed E-state index contributed by atoms with van der Waals surface area (Å²) in [5.74, 6) is -0.240. The second kappa shape index (κ2) is 5.61. The Kier molecular flexibility index (Phi) is 4.24. The molecule has 2 rings (SSSR count). The summed E-state index contributed by atoms with van der Waals surface area (Å²) in [6.07, 6.45) is -4.19. The minimum atomic E-state index is -4.73. The van der Waals surface area contributed by atoms with Gasteiger partial charge in [0.1, 0.15) is 5.75 Å². The molecule has 1 aliphatic rings. The van der Waals surface area contributed by atoms with E-state index >= 15 is 0 Å². The normalized spacial score (nSPS) is 23.1. The van der Waals surface area contributed by atoms with Crippen LogP contribution < -0.4 is 10.1 Å². The highest BCUT2D eigenvalue weighted by Crippen LogP contribution is 2.25. The van der Waals surface area contributed by atoms with Crippen molar-refractivity contribution in [2.75, 3.05) is 18.1 Å². The lowest BCUT2D eigenvalue weighted by molar-refractivity contribution is -0.274. The fourth-order valence-corrected chi connectivity index (χ4v) is 3.65. The van der Waals surface area contributed by atoms with Crippen LogP contribution in [-0.4, -0.2) is 32.8 Å². The van der Waals surface area contributed by atoms with E-state index in [9.17, 15) is 21.6 Å². The Hall–Kier alpha value is -1.28. The monoisotopic (exact) mass is 309 g/mol. The molecule has 1 N–H and O–H groups in total. The first-order valence-corrected chi connectivity index (χ1v) is 7.87. The topological polar surface area (TPSA) is 55.4 Å². The van der Waals surface area contributed by atoms with Crippen LogP contribution in [0.5, 0.6) is 5.75 Å². The minimum absolute atomic E-state index is 0.0491. The summed E-state index contributed by atoms with van der Waals surface area (Å²) >= 11 is 0. The number of nitrogens with one attached hydrogen (secondary N) is 1. The maximum absolute atomic E-state index is 12.0. The van der Waals surface area contributed by atoms with Crippen LogP contribution in [0.15, 0.2) is 24.3 Å². The van der Waals surface area contributed by atoms with Crippen LogP contribution in [0.3, 0.4) is 0 Å². The Bertz CT molecular complexity index is 554. The van der Waals surface area contributed by atoms with Crippen LogP contribution in [0, 0.1) is 0 Å². The molecule has 0 radical (unpaired) electrons. The average Bonchev–Trinajstić information content (AvgIpc) is 2.49. The van der Waals surface area contributed by atoms with Gasteiger partial charge in [0, 0.05) is 6.04 Å². The first kappa shape index (κ1) is 15.1. The molecule has 112 valence electrons. The Labute approximate surface area is 114 Å². The third kappa shape index (κ3) is 4.38. The van der Waals surface area contributed by atoms with E-state index in [0.29, 0.717) is 18.5 Å². The van der Waals surface area contributed by atoms with Gasteiger partial charge in [0.05, 0.1) is 11.5 Å². The van der Waals surface area contributed by atoms with Crippen molar-refractivity contribution in [2.24, 2.45) is 0 Å². The summed E-state index contributed by atoms with van der Waals surface area (Å²) < 4.78 is 63.3. The van der Waals surface area contributed by atoms with Crippen molar-refractivity contribution < 1.29 is 26.3 Å². The molecule has 1 aliphatic heterocycles. The Morgan fingerprint density at radius 2 is 1.85 bits per heavy atom. The maximum Gasteiger partial charge on any atom is 0.573 e. The highest BCUT2D eigenvalue weighted by Gasteiger charge is 2.31. The molecule has 0 bridgehead atoms. The van der Waals surface area contributed by atoms with Crippen LogP contribution in [0.25, 0.3) is 0 Å². The van der Waals surface area contributed by atoms with Gasteiger partial charge in [0.15, 0.2) is 9.84 Å². The third-order valence-corrected chi connectivity index (χ3v) is 4.71. The van der Waals surface area contributed by atoms with Crippen molar-refractivity contribution in [3.8, 4) is 5.75 Å². The zero-order valence-electron chi connectivity index (χ0n) is 10.5. The van der Waals surface area contributed by atoms with Gasteiger partial charge in [0.2, 0.25) is 0 Å². The molecule has 1 heterocycles. The highest BCUT2D eigenvalue weighted by molar-refractivity contribution is 7.91. The van der Waals surface area contributed by atoms with Gasteiger partial charge in [-0.25, -0.2) is 8.42 Å². The lowest BCUT2D eigenvalue weighted by Crippen LogP contribution is -2.25. The molecule has 20 heavy (non-hydrogen) atoms. The van der Waals surface area contributed by atoms with Crippen LogP contribution in [0.2, 0.25) is 0 Å². The summed E-state index contributed by atoms with van der Waals surface area (Å²) in [5.41, 5.74) is 0.630. The Morgan fingerprint density at radius 3 is 2.45 bits per heavy atom. The quantitative estimate of drug-likeness (QED) is 0.908. The molecule has 1 unspecified atom stereocenters. The molecular formula is C12H14F3NO3S. The number of ether oxygens (including phenoxy) is 1. The van der Waals surface area contributed by atoms with Gasteiger partial charge >= 0.3 is 6.36 Å². The Morgan fingerprint density at radius 1 is 1.20 bits per heavy atom. The number of hydrogen-bond donors (Lipinski definition) is 1. The van der Waals surface area contributed by atoms with Crippen molar-refractivity contribution in [3.05, 3.63) is 29.8 Å². The summed E-state index contributed by atoms with van der Waals surface area (Å²) in [6, 6.07) is 4.85. The average molecular weight is 309 g/mol. The van der Waals surface area contributed by atoms with Crippen molar-refractivity contribution >= 4 is 9.84 Å². The SMILES string of the molecule is O=S1(=O)CCCNC(c2ccc(OC(F)(F)F)cc2)C1. The second-order valence-corrected chi connectivity index (χ2v) is 6.82. The number of alkyl halides is 3. The first-order chi connectivity index (χ1) is 9.25. The molecule has 0 amide bonds. The number of halogens is 3. The highest BCUT2D eigenvalue weighted by atomic mass is 32.2. The number of benzene rings is 1. The fraction of sp³-hybridized carbons (Fsp3) is 0.500. The maximum atomic E-state index is 12.0. The molecule has 0 aromatic heterocycles. The molecule has 1 atom stereocenters. The van der Waals surface area contributed by atoms with Gasteiger partial charge in [-0.2, -0.15) is 0 Å². The zero-order valence-corrected chi connectivity index (χ0v) is 11.3. The van der Waals surface area contributed by atoms with Crippen LogP contribution in [0.4, 0.5) is 13.2 Å². The van der Waals surface area contributed by atoms with Gasteiger partial charge in [-0.05, 0) is 30.7 Å². The van der Waals surface area contributed by atoms with E-state index in [1.54, 1.807) is 0 Å². The molecule has 1 fully saturated rings. The molecule has 8 heteroatoms. The van der Waals surface area contributed by atoms with Crippen molar-refractivity contribution in [2.45, 2.75) is 18.8 Å². The lowest BCUT2D eigenvalue weighted by atomic mass is 10.1. The molecule has 1 aromatic carbocycles. The van der Waals surface area contributed by atoms with E-state index < -0.39 is 22.2 Å². The lowest BCUT2D eigenvalue weighted by Gasteiger charge is -2.16. The van der Waals surface area contributed by atoms with Crippen molar-refractivity contribution in [3.63, 3.8) is 0 Å². The molecule has 4 nitrogen and oxygen atoms in total. The molecule has 0 aliphatic carbocycles. The second-order valence-electron chi connectivity index (χ2n) is 4.59. The van der Waals surface area contributed by atoms with E-state index in [-0.39, 0.29) is 17.3 Å². The van der Waals surface area contributed by atoms with E-state index in [0.717, 1.165) is 0 Å². The van der Waals surface area contributed by atoms with Gasteiger partial charge < -0.3 is 10.1 Å². The molecule has 1 saturated heterocycles. The van der Waals surface area contributed by atoms with E-state index in [2.05, 4.69) is 10.1 Å². The zero-order chi connectivity index (χ0) is 14.8.